The summed E-state index contributed by atoms with van der Waals surface area (Å²) in [6.07, 6.45) is 1.25. The molecule has 4 nitrogen and oxygen atoms in total. The molecule has 1 amide bonds. The normalized spacial score (nSPS) is 10.8. The number of nitrogens with one attached hydrogen (secondary N) is 1. The molecule has 0 radical (unpaired) electrons. The summed E-state index contributed by atoms with van der Waals surface area (Å²) in [6, 6.07) is 10.6. The smallest absolute Gasteiger partial charge is 0.271 e. The van der Waals surface area contributed by atoms with Crippen molar-refractivity contribution in [3.63, 3.8) is 0 Å². The number of carbonyl (C=O) groups is 1. The van der Waals surface area contributed by atoms with Crippen molar-refractivity contribution in [1.29, 1.82) is 0 Å². The quantitative estimate of drug-likeness (QED) is 0.649. The number of benzene rings is 2. The SMILES string of the molecule is CCN(CC)c1ccc(C(=O)NN=Cc2ccc(F)c(F)c2)cc1. The standard InChI is InChI=1S/C18H19F2N3O/c1-3-23(4-2)15-8-6-14(7-9-15)18(24)22-21-12-13-5-10-16(19)17(20)11-13/h5-12H,3-4H2,1-2H3,(H,22,24). The molecule has 2 aromatic rings. The average Bonchev–Trinajstić information content (AvgIpc) is 2.59. The highest BCUT2D eigenvalue weighted by Crippen LogP contribution is 2.14. The van der Waals surface area contributed by atoms with E-state index in [9.17, 15) is 13.6 Å². The summed E-state index contributed by atoms with van der Waals surface area (Å²) in [7, 11) is 0. The highest BCUT2D eigenvalue weighted by molar-refractivity contribution is 5.95. The lowest BCUT2D eigenvalue weighted by Gasteiger charge is -2.20. The van der Waals surface area contributed by atoms with Crippen LogP contribution in [0, 0.1) is 11.6 Å². The van der Waals surface area contributed by atoms with Crippen LogP contribution in [0.3, 0.4) is 0 Å². The van der Waals surface area contributed by atoms with Gasteiger partial charge in [0.1, 0.15) is 0 Å². The van der Waals surface area contributed by atoms with E-state index < -0.39 is 11.6 Å². The number of carbonyl (C=O) groups excluding carboxylic acids is 1. The zero-order chi connectivity index (χ0) is 17.5. The number of nitrogens with zero attached hydrogens (tertiary/aromatic N) is 2. The predicted octanol–water partition coefficient (Wildman–Crippen LogP) is 3.57. The Bertz CT molecular complexity index is 726. The summed E-state index contributed by atoms with van der Waals surface area (Å²) in [5.74, 6) is -2.26. The zero-order valence-corrected chi connectivity index (χ0v) is 13.6. The molecule has 24 heavy (non-hydrogen) atoms. The Morgan fingerprint density at radius 2 is 1.75 bits per heavy atom. The number of halogens is 2. The van der Waals surface area contributed by atoms with E-state index in [2.05, 4.69) is 29.3 Å². The molecule has 0 atom stereocenters. The van der Waals surface area contributed by atoms with Gasteiger partial charge in [0, 0.05) is 24.3 Å². The van der Waals surface area contributed by atoms with Gasteiger partial charge in [-0.1, -0.05) is 6.07 Å². The first-order chi connectivity index (χ1) is 11.5. The fraction of sp³-hybridized carbons (Fsp3) is 0.222. The third kappa shape index (κ3) is 4.38. The topological polar surface area (TPSA) is 44.7 Å². The lowest BCUT2D eigenvalue weighted by molar-refractivity contribution is 0.0955. The van der Waals surface area contributed by atoms with Crippen molar-refractivity contribution in [3.05, 3.63) is 65.2 Å². The Morgan fingerprint density at radius 1 is 1.08 bits per heavy atom. The van der Waals surface area contributed by atoms with Crippen LogP contribution in [0.1, 0.15) is 29.8 Å². The first-order valence-corrected chi connectivity index (χ1v) is 7.68. The summed E-state index contributed by atoms with van der Waals surface area (Å²) < 4.78 is 25.9. The van der Waals surface area contributed by atoms with Crippen LogP contribution in [-0.4, -0.2) is 25.2 Å². The monoisotopic (exact) mass is 331 g/mol. The van der Waals surface area contributed by atoms with Gasteiger partial charge in [0.25, 0.3) is 5.91 Å². The molecule has 0 aliphatic heterocycles. The van der Waals surface area contributed by atoms with E-state index >= 15 is 0 Å². The molecule has 0 spiro atoms. The fourth-order valence-electron chi connectivity index (χ4n) is 2.24. The molecule has 0 bridgehead atoms. The van der Waals surface area contributed by atoms with E-state index in [1.54, 1.807) is 12.1 Å². The van der Waals surface area contributed by atoms with Crippen LogP contribution < -0.4 is 10.3 Å². The van der Waals surface area contributed by atoms with Crippen LogP contribution in [0.25, 0.3) is 0 Å². The molecule has 6 heteroatoms. The second-order valence-corrected chi connectivity index (χ2v) is 5.09. The Labute approximate surface area is 139 Å². The Kier molecular flexibility index (Phi) is 6.01. The Morgan fingerprint density at radius 3 is 2.33 bits per heavy atom. The number of amides is 1. The minimum Gasteiger partial charge on any atom is -0.372 e. The van der Waals surface area contributed by atoms with Crippen LogP contribution in [0.15, 0.2) is 47.6 Å². The van der Waals surface area contributed by atoms with Gasteiger partial charge < -0.3 is 4.90 Å². The number of hydrogen-bond donors (Lipinski definition) is 1. The minimum atomic E-state index is -0.961. The summed E-state index contributed by atoms with van der Waals surface area (Å²) in [5, 5.41) is 3.75. The molecule has 0 aliphatic carbocycles. The van der Waals surface area contributed by atoms with Gasteiger partial charge in [-0.3, -0.25) is 4.79 Å². The van der Waals surface area contributed by atoms with E-state index in [-0.39, 0.29) is 5.91 Å². The molecule has 2 rings (SSSR count). The van der Waals surface area contributed by atoms with Crippen molar-refractivity contribution in [1.82, 2.24) is 5.43 Å². The van der Waals surface area contributed by atoms with Gasteiger partial charge in [-0.25, -0.2) is 14.2 Å². The highest BCUT2D eigenvalue weighted by Gasteiger charge is 2.06. The lowest BCUT2D eigenvalue weighted by Crippen LogP contribution is -2.22. The van der Waals surface area contributed by atoms with Gasteiger partial charge in [-0.2, -0.15) is 5.10 Å². The number of hydrogen-bond acceptors (Lipinski definition) is 3. The van der Waals surface area contributed by atoms with Crippen LogP contribution in [0.4, 0.5) is 14.5 Å². The first kappa shape index (κ1) is 17.6. The summed E-state index contributed by atoms with van der Waals surface area (Å²) >= 11 is 0. The fourth-order valence-corrected chi connectivity index (χ4v) is 2.24. The molecule has 0 fully saturated rings. The lowest BCUT2D eigenvalue weighted by atomic mass is 10.2. The highest BCUT2D eigenvalue weighted by atomic mass is 19.2. The zero-order valence-electron chi connectivity index (χ0n) is 13.6. The van der Waals surface area contributed by atoms with E-state index in [1.807, 2.05) is 12.1 Å². The summed E-state index contributed by atoms with van der Waals surface area (Å²) in [5.41, 5.74) is 4.22. The maximum atomic E-state index is 13.1. The van der Waals surface area contributed by atoms with Crippen molar-refractivity contribution >= 4 is 17.8 Å². The molecule has 2 aromatic carbocycles. The maximum Gasteiger partial charge on any atom is 0.271 e. The summed E-state index contributed by atoms with van der Waals surface area (Å²) in [4.78, 5) is 14.2. The van der Waals surface area contributed by atoms with Gasteiger partial charge in [-0.05, 0) is 55.8 Å². The molecule has 0 saturated carbocycles. The van der Waals surface area contributed by atoms with Crippen LogP contribution in [0.5, 0.6) is 0 Å². The predicted molar refractivity (Wildman–Crippen MR) is 91.4 cm³/mol. The molecule has 1 N–H and O–H groups in total. The van der Waals surface area contributed by atoms with Gasteiger partial charge >= 0.3 is 0 Å². The molecule has 0 saturated heterocycles. The van der Waals surface area contributed by atoms with E-state index in [0.717, 1.165) is 30.9 Å². The third-order valence-electron chi connectivity index (χ3n) is 3.58. The van der Waals surface area contributed by atoms with Crippen molar-refractivity contribution in [2.75, 3.05) is 18.0 Å². The molecule has 0 heterocycles. The van der Waals surface area contributed by atoms with E-state index in [1.165, 1.54) is 12.3 Å². The number of anilines is 1. The van der Waals surface area contributed by atoms with E-state index in [0.29, 0.717) is 11.1 Å². The number of rotatable bonds is 6. The maximum absolute atomic E-state index is 13.1. The van der Waals surface area contributed by atoms with Crippen LogP contribution in [-0.2, 0) is 0 Å². The molecule has 126 valence electrons. The van der Waals surface area contributed by atoms with E-state index in [4.69, 9.17) is 0 Å². The van der Waals surface area contributed by atoms with Crippen molar-refractivity contribution in [2.24, 2.45) is 5.10 Å². The average molecular weight is 331 g/mol. The second kappa shape index (κ2) is 8.19. The van der Waals surface area contributed by atoms with Gasteiger partial charge in [-0.15, -0.1) is 0 Å². The molecule has 0 aromatic heterocycles. The van der Waals surface area contributed by atoms with Crippen LogP contribution in [0.2, 0.25) is 0 Å². The number of hydrazone groups is 1. The Balaban J connectivity index is 1.99. The van der Waals surface area contributed by atoms with Gasteiger partial charge in [0.2, 0.25) is 0 Å². The van der Waals surface area contributed by atoms with Crippen LogP contribution >= 0.6 is 0 Å². The second-order valence-electron chi connectivity index (χ2n) is 5.09. The first-order valence-electron chi connectivity index (χ1n) is 7.68. The largest absolute Gasteiger partial charge is 0.372 e. The molecule has 0 unspecified atom stereocenters. The molecule has 0 aliphatic rings. The van der Waals surface area contributed by atoms with Crippen molar-refractivity contribution < 1.29 is 13.6 Å². The van der Waals surface area contributed by atoms with Gasteiger partial charge in [0.05, 0.1) is 6.21 Å². The molecular formula is C18H19F2N3O. The van der Waals surface area contributed by atoms with Crippen molar-refractivity contribution in [2.45, 2.75) is 13.8 Å². The molecular weight excluding hydrogens is 312 g/mol. The van der Waals surface area contributed by atoms with Gasteiger partial charge in [0.15, 0.2) is 11.6 Å². The Hall–Kier alpha value is -2.76. The summed E-state index contributed by atoms with van der Waals surface area (Å²) in [6.45, 7) is 5.91. The minimum absolute atomic E-state index is 0.353. The van der Waals surface area contributed by atoms with Crippen molar-refractivity contribution in [3.8, 4) is 0 Å². The third-order valence-corrected chi connectivity index (χ3v) is 3.58.